The highest BCUT2D eigenvalue weighted by molar-refractivity contribution is 5.99. The lowest BCUT2D eigenvalue weighted by Crippen LogP contribution is -2.23. The highest BCUT2D eigenvalue weighted by atomic mass is 16.1. The van der Waals surface area contributed by atoms with Crippen molar-refractivity contribution in [1.29, 1.82) is 0 Å². The molecular formula is C18H19NO. The summed E-state index contributed by atoms with van der Waals surface area (Å²) in [5.74, 6) is 0.365. The zero-order valence-electron chi connectivity index (χ0n) is 11.7. The molecule has 0 fully saturated rings. The van der Waals surface area contributed by atoms with E-state index in [1.165, 1.54) is 11.1 Å². The zero-order valence-corrected chi connectivity index (χ0v) is 11.7. The van der Waals surface area contributed by atoms with Gasteiger partial charge >= 0.3 is 0 Å². The molecule has 2 aromatic rings. The predicted molar refractivity (Wildman–Crippen MR) is 81.9 cm³/mol. The summed E-state index contributed by atoms with van der Waals surface area (Å²) in [5.41, 5.74) is 11.0. The highest BCUT2D eigenvalue weighted by Crippen LogP contribution is 2.29. The van der Waals surface area contributed by atoms with Gasteiger partial charge in [0.1, 0.15) is 0 Å². The van der Waals surface area contributed by atoms with Gasteiger partial charge in [0, 0.05) is 17.2 Å². The second-order valence-electron chi connectivity index (χ2n) is 5.65. The molecule has 0 bridgehead atoms. The molecule has 0 aliphatic heterocycles. The summed E-state index contributed by atoms with van der Waals surface area (Å²) in [4.78, 5) is 12.7. The summed E-state index contributed by atoms with van der Waals surface area (Å²) in [6, 6.07) is 14.0. The first-order chi connectivity index (χ1) is 9.65. The van der Waals surface area contributed by atoms with E-state index < -0.39 is 0 Å². The van der Waals surface area contributed by atoms with Gasteiger partial charge in [0.05, 0.1) is 0 Å². The second kappa shape index (κ2) is 5.12. The smallest absolute Gasteiger partial charge is 0.166 e. The largest absolute Gasteiger partial charge is 0.399 e. The van der Waals surface area contributed by atoms with Crippen molar-refractivity contribution in [1.82, 2.24) is 0 Å². The van der Waals surface area contributed by atoms with Crippen LogP contribution in [0.25, 0.3) is 0 Å². The van der Waals surface area contributed by atoms with Gasteiger partial charge in [0.15, 0.2) is 5.78 Å². The lowest BCUT2D eigenvalue weighted by molar-refractivity contribution is 0.0908. The third-order valence-corrected chi connectivity index (χ3v) is 4.23. The number of nitrogens with two attached hydrogens (primary N) is 1. The first-order valence-corrected chi connectivity index (χ1v) is 7.12. The molecule has 1 aliphatic rings. The topological polar surface area (TPSA) is 43.1 Å². The second-order valence-corrected chi connectivity index (χ2v) is 5.65. The van der Waals surface area contributed by atoms with Crippen molar-refractivity contribution in [3.05, 3.63) is 64.7 Å². The molecule has 1 unspecified atom stereocenters. The van der Waals surface area contributed by atoms with Crippen LogP contribution in [-0.4, -0.2) is 5.78 Å². The number of anilines is 1. The molecule has 0 saturated carbocycles. The lowest BCUT2D eigenvalue weighted by atomic mass is 9.79. The van der Waals surface area contributed by atoms with Crippen LogP contribution in [0.4, 0.5) is 5.69 Å². The fourth-order valence-electron chi connectivity index (χ4n) is 3.10. The van der Waals surface area contributed by atoms with E-state index in [4.69, 9.17) is 5.73 Å². The van der Waals surface area contributed by atoms with Crippen LogP contribution in [0, 0.1) is 12.8 Å². The van der Waals surface area contributed by atoms with Gasteiger partial charge in [-0.2, -0.15) is 0 Å². The van der Waals surface area contributed by atoms with Gasteiger partial charge in [-0.25, -0.2) is 0 Å². The maximum atomic E-state index is 12.7. The Morgan fingerprint density at radius 1 is 1.15 bits per heavy atom. The number of rotatable bonds is 2. The summed E-state index contributed by atoms with van der Waals surface area (Å²) < 4.78 is 0. The molecule has 0 spiro atoms. The molecule has 3 rings (SSSR count). The Labute approximate surface area is 119 Å². The Balaban J connectivity index is 1.86. The third-order valence-electron chi connectivity index (χ3n) is 4.23. The van der Waals surface area contributed by atoms with E-state index in [1.807, 2.05) is 25.1 Å². The average molecular weight is 265 g/mol. The SMILES string of the molecule is Cc1cc(N)ccc1C(=O)C1CCc2ccccc2C1. The molecule has 0 amide bonds. The molecule has 2 heteroatoms. The molecule has 0 aromatic heterocycles. The first kappa shape index (κ1) is 12.9. The summed E-state index contributed by atoms with van der Waals surface area (Å²) >= 11 is 0. The van der Waals surface area contributed by atoms with E-state index in [-0.39, 0.29) is 11.7 Å². The number of Topliss-reactive ketones (excluding diaryl/α,β-unsaturated/α-hetero) is 1. The van der Waals surface area contributed by atoms with Crippen LogP contribution >= 0.6 is 0 Å². The Kier molecular flexibility index (Phi) is 3.31. The van der Waals surface area contributed by atoms with Crippen molar-refractivity contribution >= 4 is 11.5 Å². The van der Waals surface area contributed by atoms with E-state index >= 15 is 0 Å². The minimum atomic E-state index is 0.104. The van der Waals surface area contributed by atoms with E-state index in [1.54, 1.807) is 0 Å². The molecular weight excluding hydrogens is 246 g/mol. The van der Waals surface area contributed by atoms with Crippen LogP contribution in [0.2, 0.25) is 0 Å². The summed E-state index contributed by atoms with van der Waals surface area (Å²) in [6.45, 7) is 1.96. The van der Waals surface area contributed by atoms with Crippen molar-refractivity contribution in [2.24, 2.45) is 5.92 Å². The first-order valence-electron chi connectivity index (χ1n) is 7.12. The van der Waals surface area contributed by atoms with Crippen molar-refractivity contribution in [2.75, 3.05) is 5.73 Å². The lowest BCUT2D eigenvalue weighted by Gasteiger charge is -2.24. The highest BCUT2D eigenvalue weighted by Gasteiger charge is 2.26. The number of carbonyl (C=O) groups is 1. The summed E-state index contributed by atoms with van der Waals surface area (Å²) in [6.07, 6.45) is 2.80. The number of carbonyl (C=O) groups excluding carboxylic acids is 1. The fraction of sp³-hybridized carbons (Fsp3) is 0.278. The van der Waals surface area contributed by atoms with E-state index in [0.29, 0.717) is 5.69 Å². The average Bonchev–Trinajstić information content (AvgIpc) is 2.46. The zero-order chi connectivity index (χ0) is 14.1. The van der Waals surface area contributed by atoms with E-state index in [2.05, 4.69) is 24.3 Å². The van der Waals surface area contributed by atoms with Crippen molar-refractivity contribution in [2.45, 2.75) is 26.2 Å². The number of benzene rings is 2. The Morgan fingerprint density at radius 3 is 2.65 bits per heavy atom. The Morgan fingerprint density at radius 2 is 1.90 bits per heavy atom. The molecule has 1 aliphatic carbocycles. The van der Waals surface area contributed by atoms with Gasteiger partial charge in [-0.1, -0.05) is 24.3 Å². The van der Waals surface area contributed by atoms with E-state index in [0.717, 1.165) is 30.4 Å². The number of aryl methyl sites for hydroxylation is 2. The molecule has 2 aromatic carbocycles. The van der Waals surface area contributed by atoms with Crippen LogP contribution in [0.3, 0.4) is 0 Å². The minimum Gasteiger partial charge on any atom is -0.399 e. The number of nitrogen functional groups attached to an aromatic ring is 1. The predicted octanol–water partition coefficient (Wildman–Crippen LogP) is 3.57. The number of hydrogen-bond acceptors (Lipinski definition) is 2. The summed E-state index contributed by atoms with van der Waals surface area (Å²) in [7, 11) is 0. The van der Waals surface area contributed by atoms with Gasteiger partial charge in [-0.15, -0.1) is 0 Å². The van der Waals surface area contributed by atoms with Crippen LogP contribution in [0.15, 0.2) is 42.5 Å². The molecule has 102 valence electrons. The monoisotopic (exact) mass is 265 g/mol. The molecule has 0 heterocycles. The number of fused-ring (bicyclic) bond motifs is 1. The van der Waals surface area contributed by atoms with E-state index in [9.17, 15) is 4.79 Å². The van der Waals surface area contributed by atoms with Crippen LogP contribution in [-0.2, 0) is 12.8 Å². The number of ketones is 1. The van der Waals surface area contributed by atoms with Crippen molar-refractivity contribution in [3.8, 4) is 0 Å². The maximum Gasteiger partial charge on any atom is 0.166 e. The van der Waals surface area contributed by atoms with Crippen LogP contribution in [0.5, 0.6) is 0 Å². The van der Waals surface area contributed by atoms with Gasteiger partial charge in [0.25, 0.3) is 0 Å². The Hall–Kier alpha value is -2.09. The van der Waals surface area contributed by atoms with Gasteiger partial charge < -0.3 is 5.73 Å². The Bertz CT molecular complexity index is 660. The van der Waals surface area contributed by atoms with Crippen LogP contribution < -0.4 is 5.73 Å². The van der Waals surface area contributed by atoms with Gasteiger partial charge in [-0.3, -0.25) is 4.79 Å². The van der Waals surface area contributed by atoms with Crippen LogP contribution in [0.1, 0.15) is 33.5 Å². The maximum absolute atomic E-state index is 12.7. The van der Waals surface area contributed by atoms with Crippen molar-refractivity contribution in [3.63, 3.8) is 0 Å². The normalized spacial score (nSPS) is 17.6. The molecule has 2 N–H and O–H groups in total. The minimum absolute atomic E-state index is 0.104. The molecule has 20 heavy (non-hydrogen) atoms. The molecule has 0 radical (unpaired) electrons. The summed E-state index contributed by atoms with van der Waals surface area (Å²) in [5, 5.41) is 0. The third kappa shape index (κ3) is 2.34. The van der Waals surface area contributed by atoms with Gasteiger partial charge in [-0.05, 0) is 61.1 Å². The van der Waals surface area contributed by atoms with Crippen molar-refractivity contribution < 1.29 is 4.79 Å². The number of hydrogen-bond donors (Lipinski definition) is 1. The molecule has 0 saturated heterocycles. The van der Waals surface area contributed by atoms with Gasteiger partial charge in [0.2, 0.25) is 0 Å². The fourth-order valence-corrected chi connectivity index (χ4v) is 3.10. The standard InChI is InChI=1S/C18H19NO/c1-12-10-16(19)8-9-17(12)18(20)15-7-6-13-4-2-3-5-14(13)11-15/h2-5,8-10,15H,6-7,11,19H2,1H3. The quantitative estimate of drug-likeness (QED) is 0.666. The molecule has 1 atom stereocenters. The molecule has 2 nitrogen and oxygen atoms in total.